The third kappa shape index (κ3) is 6.79. The Kier molecular flexibility index (Phi) is 8.57. The van der Waals surface area contributed by atoms with E-state index in [4.69, 9.17) is 14.2 Å². The van der Waals surface area contributed by atoms with E-state index < -0.39 is 24.2 Å². The van der Waals surface area contributed by atoms with Crippen LogP contribution in [-0.4, -0.2) is 54.7 Å². The van der Waals surface area contributed by atoms with Crippen molar-refractivity contribution in [3.05, 3.63) is 41.7 Å². The number of hydrogen-bond acceptors (Lipinski definition) is 7. The lowest BCUT2D eigenvalue weighted by atomic mass is 9.93. The van der Waals surface area contributed by atoms with Gasteiger partial charge in [0.15, 0.2) is 6.10 Å². The number of anilines is 2. The van der Waals surface area contributed by atoms with E-state index in [1.165, 1.54) is 51.7 Å². The highest BCUT2D eigenvalue weighted by Gasteiger charge is 2.43. The highest BCUT2D eigenvalue weighted by Crippen LogP contribution is 2.41. The first-order valence-electron chi connectivity index (χ1n) is 9.35. The number of ether oxygens (including phenoxy) is 3. The molecule has 0 aliphatic carbocycles. The van der Waals surface area contributed by atoms with Crippen molar-refractivity contribution < 1.29 is 37.3 Å². The molecular weight excluding hydrogens is 419 g/mol. The average Bonchev–Trinajstić information content (AvgIpc) is 2.71. The van der Waals surface area contributed by atoms with Crippen molar-refractivity contribution in [3.63, 3.8) is 0 Å². The summed E-state index contributed by atoms with van der Waals surface area (Å²) in [5, 5.41) is 12.1. The van der Waals surface area contributed by atoms with Crippen LogP contribution in [0.1, 0.15) is 36.5 Å². The van der Waals surface area contributed by atoms with Crippen LogP contribution < -0.4 is 10.1 Å². The first-order chi connectivity index (χ1) is 14.7. The predicted molar refractivity (Wildman–Crippen MR) is 106 cm³/mol. The Labute approximate surface area is 177 Å². The van der Waals surface area contributed by atoms with Crippen LogP contribution >= 0.6 is 0 Å². The number of benzene rings is 1. The number of methoxy groups -OCH3 is 2. The number of aliphatic carboxylic acids is 1. The van der Waals surface area contributed by atoms with Crippen LogP contribution in [0.25, 0.3) is 0 Å². The van der Waals surface area contributed by atoms with Gasteiger partial charge in [0.05, 0.1) is 38.2 Å². The number of carboxylic acids is 1. The Bertz CT molecular complexity index is 862. The molecule has 1 aromatic heterocycles. The number of nitrogens with one attached hydrogen (secondary N) is 1. The quantitative estimate of drug-likeness (QED) is 0.536. The standard InChI is InChI=1S/C20H24F3N3O5/c1-4-31-18(20(21,22)23)15-6-5-12(13(11-29-2)8-17(27)28)7-16(15)26-14-9-24-19(30-3)25-10-14/h5-7,9-10,13,18,26H,4,8,11H2,1-3H3,(H,27,28)/t13-,18-/m1/s1. The topological polar surface area (TPSA) is 103 Å². The number of alkyl halides is 3. The molecular formula is C20H24F3N3O5. The van der Waals surface area contributed by atoms with Gasteiger partial charge in [-0.25, -0.2) is 9.97 Å². The number of aromatic nitrogens is 2. The summed E-state index contributed by atoms with van der Waals surface area (Å²) in [7, 11) is 2.81. The average molecular weight is 443 g/mol. The van der Waals surface area contributed by atoms with Crippen LogP contribution in [0.2, 0.25) is 0 Å². The van der Waals surface area contributed by atoms with Gasteiger partial charge in [0.1, 0.15) is 0 Å². The number of hydrogen-bond donors (Lipinski definition) is 2. The van der Waals surface area contributed by atoms with E-state index in [0.29, 0.717) is 11.3 Å². The van der Waals surface area contributed by atoms with Crippen LogP contribution in [0.4, 0.5) is 24.5 Å². The summed E-state index contributed by atoms with van der Waals surface area (Å²) in [6, 6.07) is 4.29. The minimum absolute atomic E-state index is 0.0882. The lowest BCUT2D eigenvalue weighted by Gasteiger charge is -2.25. The molecule has 1 heterocycles. The van der Waals surface area contributed by atoms with E-state index in [-0.39, 0.29) is 36.9 Å². The number of carboxylic acid groups (broad SMARTS) is 1. The summed E-state index contributed by atoms with van der Waals surface area (Å²) in [6.07, 6.45) is -4.36. The Balaban J connectivity index is 2.53. The minimum atomic E-state index is -4.66. The molecule has 1 aromatic carbocycles. The van der Waals surface area contributed by atoms with E-state index in [1.54, 1.807) is 0 Å². The minimum Gasteiger partial charge on any atom is -0.481 e. The van der Waals surface area contributed by atoms with Crippen molar-refractivity contribution in [2.75, 3.05) is 32.8 Å². The van der Waals surface area contributed by atoms with Crippen molar-refractivity contribution >= 4 is 17.3 Å². The maximum Gasteiger partial charge on any atom is 0.418 e. The SMILES string of the molecule is CCO[C@H](c1ccc([C@@H](COC)CC(=O)O)cc1Nc1cnc(OC)nc1)C(F)(F)F. The van der Waals surface area contributed by atoms with E-state index in [1.807, 2.05) is 0 Å². The summed E-state index contributed by atoms with van der Waals surface area (Å²) < 4.78 is 56.0. The maximum atomic E-state index is 13.7. The lowest BCUT2D eigenvalue weighted by molar-refractivity contribution is -0.222. The largest absolute Gasteiger partial charge is 0.481 e. The highest BCUT2D eigenvalue weighted by molar-refractivity contribution is 5.69. The van der Waals surface area contributed by atoms with Gasteiger partial charge in [-0.15, -0.1) is 0 Å². The van der Waals surface area contributed by atoms with Gasteiger partial charge in [-0.2, -0.15) is 13.2 Å². The molecule has 2 aromatic rings. The number of carbonyl (C=O) groups is 1. The summed E-state index contributed by atoms with van der Waals surface area (Å²) in [6.45, 7) is 1.41. The van der Waals surface area contributed by atoms with Gasteiger partial charge < -0.3 is 24.6 Å². The summed E-state index contributed by atoms with van der Waals surface area (Å²) in [5.41, 5.74) is 0.759. The fraction of sp³-hybridized carbons (Fsp3) is 0.450. The van der Waals surface area contributed by atoms with E-state index in [9.17, 15) is 23.1 Å². The molecule has 2 atom stereocenters. The number of rotatable bonds is 11. The van der Waals surface area contributed by atoms with Crippen molar-refractivity contribution in [2.45, 2.75) is 31.5 Å². The monoisotopic (exact) mass is 443 g/mol. The molecule has 0 spiro atoms. The van der Waals surface area contributed by atoms with Crippen LogP contribution in [0.3, 0.4) is 0 Å². The Morgan fingerprint density at radius 2 is 1.90 bits per heavy atom. The second-order valence-corrected chi connectivity index (χ2v) is 6.56. The molecule has 31 heavy (non-hydrogen) atoms. The molecule has 0 saturated heterocycles. The first kappa shape index (κ1) is 24.4. The fourth-order valence-corrected chi connectivity index (χ4v) is 3.02. The zero-order valence-electron chi connectivity index (χ0n) is 17.3. The van der Waals surface area contributed by atoms with Crippen molar-refractivity contribution in [2.24, 2.45) is 0 Å². The smallest absolute Gasteiger partial charge is 0.418 e. The van der Waals surface area contributed by atoms with Gasteiger partial charge >= 0.3 is 18.2 Å². The third-order valence-corrected chi connectivity index (χ3v) is 4.34. The molecule has 170 valence electrons. The molecule has 0 aliphatic heterocycles. The molecule has 0 fully saturated rings. The van der Waals surface area contributed by atoms with Gasteiger partial charge in [-0.3, -0.25) is 4.79 Å². The van der Waals surface area contributed by atoms with E-state index in [0.717, 1.165) is 0 Å². The van der Waals surface area contributed by atoms with E-state index >= 15 is 0 Å². The van der Waals surface area contributed by atoms with Crippen molar-refractivity contribution in [1.29, 1.82) is 0 Å². The predicted octanol–water partition coefficient (Wildman–Crippen LogP) is 4.07. The number of nitrogens with zero attached hydrogens (tertiary/aromatic N) is 2. The van der Waals surface area contributed by atoms with Gasteiger partial charge in [0.2, 0.25) is 0 Å². The second-order valence-electron chi connectivity index (χ2n) is 6.56. The van der Waals surface area contributed by atoms with Crippen LogP contribution in [0.15, 0.2) is 30.6 Å². The Hall–Kier alpha value is -2.92. The zero-order chi connectivity index (χ0) is 23.0. The molecule has 0 amide bonds. The van der Waals surface area contributed by atoms with Crippen molar-refractivity contribution in [3.8, 4) is 6.01 Å². The molecule has 0 aliphatic rings. The first-order valence-corrected chi connectivity index (χ1v) is 9.35. The molecule has 2 N–H and O–H groups in total. The van der Waals surface area contributed by atoms with Gasteiger partial charge in [-0.1, -0.05) is 12.1 Å². The lowest BCUT2D eigenvalue weighted by Crippen LogP contribution is -2.24. The third-order valence-electron chi connectivity index (χ3n) is 4.34. The van der Waals surface area contributed by atoms with E-state index in [2.05, 4.69) is 15.3 Å². The fourth-order valence-electron chi connectivity index (χ4n) is 3.02. The second kappa shape index (κ2) is 10.9. The summed E-state index contributed by atoms with van der Waals surface area (Å²) in [5.74, 6) is -1.60. The van der Waals surface area contributed by atoms with Gasteiger partial charge in [0, 0.05) is 30.9 Å². The Morgan fingerprint density at radius 3 is 2.42 bits per heavy atom. The summed E-state index contributed by atoms with van der Waals surface area (Å²) in [4.78, 5) is 19.1. The normalized spacial score (nSPS) is 13.5. The molecule has 0 radical (unpaired) electrons. The number of halogens is 3. The van der Waals surface area contributed by atoms with Gasteiger partial charge in [0.25, 0.3) is 0 Å². The molecule has 11 heteroatoms. The Morgan fingerprint density at radius 1 is 1.23 bits per heavy atom. The van der Waals surface area contributed by atoms with Crippen LogP contribution in [0, 0.1) is 0 Å². The molecule has 0 unspecified atom stereocenters. The highest BCUT2D eigenvalue weighted by atomic mass is 19.4. The molecule has 2 rings (SSSR count). The zero-order valence-corrected chi connectivity index (χ0v) is 17.3. The maximum absolute atomic E-state index is 13.7. The van der Waals surface area contributed by atoms with Crippen LogP contribution in [0.5, 0.6) is 6.01 Å². The summed E-state index contributed by atoms with van der Waals surface area (Å²) >= 11 is 0. The van der Waals surface area contributed by atoms with Gasteiger partial charge in [-0.05, 0) is 18.6 Å². The molecule has 0 saturated carbocycles. The molecule has 8 nitrogen and oxygen atoms in total. The van der Waals surface area contributed by atoms with Crippen LogP contribution in [-0.2, 0) is 14.3 Å². The van der Waals surface area contributed by atoms with Crippen molar-refractivity contribution in [1.82, 2.24) is 9.97 Å². The molecule has 0 bridgehead atoms.